The largest absolute Gasteiger partial charge is 0.370 e. The molecule has 0 amide bonds. The summed E-state index contributed by atoms with van der Waals surface area (Å²) in [7, 11) is 1.97. The van der Waals surface area contributed by atoms with Gasteiger partial charge >= 0.3 is 0 Å². The summed E-state index contributed by atoms with van der Waals surface area (Å²) in [5.74, 6) is 2.54. The summed E-state index contributed by atoms with van der Waals surface area (Å²) in [6.45, 7) is 7.07. The highest BCUT2D eigenvalue weighted by Crippen LogP contribution is 2.42. The molecule has 19 heavy (non-hydrogen) atoms. The zero-order valence-corrected chi connectivity index (χ0v) is 12.3. The van der Waals surface area contributed by atoms with Gasteiger partial charge in [-0.2, -0.15) is 4.98 Å². The van der Waals surface area contributed by atoms with Gasteiger partial charge in [0.15, 0.2) is 0 Å². The van der Waals surface area contributed by atoms with Crippen LogP contribution in [0.3, 0.4) is 0 Å². The molecule has 5 nitrogen and oxygen atoms in total. The Morgan fingerprint density at radius 3 is 2.68 bits per heavy atom. The molecule has 0 saturated heterocycles. The Bertz CT molecular complexity index is 388. The molecule has 5 heteroatoms. The first-order valence-corrected chi connectivity index (χ1v) is 7.27. The molecule has 2 atom stereocenters. The maximum atomic E-state index is 5.74. The van der Waals surface area contributed by atoms with Crippen molar-refractivity contribution in [3.8, 4) is 0 Å². The molecule has 0 bridgehead atoms. The van der Waals surface area contributed by atoms with Crippen molar-refractivity contribution in [3.05, 3.63) is 11.7 Å². The average molecular weight is 267 g/mol. The Labute approximate surface area is 115 Å². The molecule has 0 radical (unpaired) electrons. The lowest BCUT2D eigenvalue weighted by Crippen LogP contribution is -2.32. The zero-order valence-electron chi connectivity index (χ0n) is 12.3. The van der Waals surface area contributed by atoms with Gasteiger partial charge < -0.3 is 14.6 Å². The highest BCUT2D eigenvalue weighted by molar-refractivity contribution is 4.99. The minimum atomic E-state index is 0.0228. The van der Waals surface area contributed by atoms with Gasteiger partial charge in [-0.3, -0.25) is 0 Å². The van der Waals surface area contributed by atoms with Crippen LogP contribution in [0, 0.1) is 11.8 Å². The minimum absolute atomic E-state index is 0.0228. The van der Waals surface area contributed by atoms with Crippen molar-refractivity contribution < 1.29 is 9.26 Å². The minimum Gasteiger partial charge on any atom is -0.370 e. The van der Waals surface area contributed by atoms with E-state index in [0.29, 0.717) is 30.4 Å². The van der Waals surface area contributed by atoms with Gasteiger partial charge in [0.1, 0.15) is 6.10 Å². The molecular weight excluding hydrogens is 242 g/mol. The van der Waals surface area contributed by atoms with Crippen molar-refractivity contribution in [2.45, 2.75) is 52.2 Å². The molecule has 1 aliphatic carbocycles. The Hall–Kier alpha value is -0.940. The van der Waals surface area contributed by atoms with Crippen LogP contribution in [0.5, 0.6) is 0 Å². The van der Waals surface area contributed by atoms with Crippen molar-refractivity contribution in [1.82, 2.24) is 15.5 Å². The van der Waals surface area contributed by atoms with E-state index >= 15 is 0 Å². The molecule has 1 aliphatic rings. The summed E-state index contributed by atoms with van der Waals surface area (Å²) in [5, 5.41) is 7.39. The summed E-state index contributed by atoms with van der Waals surface area (Å²) in [5.41, 5.74) is 0. The van der Waals surface area contributed by atoms with Gasteiger partial charge in [0.25, 0.3) is 0 Å². The Balaban J connectivity index is 2.00. The maximum absolute atomic E-state index is 5.74. The lowest BCUT2D eigenvalue weighted by Gasteiger charge is -2.17. The number of hydrogen-bond donors (Lipinski definition) is 1. The van der Waals surface area contributed by atoms with Crippen molar-refractivity contribution in [2.24, 2.45) is 11.8 Å². The normalized spacial score (nSPS) is 18.8. The molecule has 1 heterocycles. The summed E-state index contributed by atoms with van der Waals surface area (Å²) in [6.07, 6.45) is 3.21. The first kappa shape index (κ1) is 14.5. The van der Waals surface area contributed by atoms with Crippen molar-refractivity contribution >= 4 is 0 Å². The van der Waals surface area contributed by atoms with E-state index in [2.05, 4.69) is 29.3 Å². The van der Waals surface area contributed by atoms with E-state index in [4.69, 9.17) is 9.26 Å². The van der Waals surface area contributed by atoms with Gasteiger partial charge in [0.05, 0.1) is 0 Å². The smallest absolute Gasteiger partial charge is 0.228 e. The standard InChI is InChI=1S/C14H25N3O2/c1-5-18-13(10-6-7-10)14-16-12(19-17-14)8-11(15-4)9(2)3/h9-11,13,15H,5-8H2,1-4H3. The molecule has 0 spiro atoms. The lowest BCUT2D eigenvalue weighted by molar-refractivity contribution is 0.0384. The van der Waals surface area contributed by atoms with E-state index in [1.54, 1.807) is 0 Å². The van der Waals surface area contributed by atoms with Crippen LogP contribution in [-0.2, 0) is 11.2 Å². The van der Waals surface area contributed by atoms with Crippen LogP contribution in [0.4, 0.5) is 0 Å². The fourth-order valence-electron chi connectivity index (χ4n) is 2.33. The van der Waals surface area contributed by atoms with Crippen LogP contribution >= 0.6 is 0 Å². The fourth-order valence-corrected chi connectivity index (χ4v) is 2.33. The van der Waals surface area contributed by atoms with Gasteiger partial charge in [-0.1, -0.05) is 19.0 Å². The predicted molar refractivity (Wildman–Crippen MR) is 72.8 cm³/mol. The van der Waals surface area contributed by atoms with Gasteiger partial charge in [0, 0.05) is 19.1 Å². The monoisotopic (exact) mass is 267 g/mol. The Morgan fingerprint density at radius 2 is 2.16 bits per heavy atom. The van der Waals surface area contributed by atoms with Crippen LogP contribution in [0.1, 0.15) is 51.4 Å². The quantitative estimate of drug-likeness (QED) is 0.783. The van der Waals surface area contributed by atoms with Gasteiger partial charge in [-0.05, 0) is 38.6 Å². The second-order valence-corrected chi connectivity index (χ2v) is 5.60. The van der Waals surface area contributed by atoms with Crippen LogP contribution < -0.4 is 5.32 Å². The van der Waals surface area contributed by atoms with E-state index in [1.807, 2.05) is 14.0 Å². The first-order chi connectivity index (χ1) is 9.15. The summed E-state index contributed by atoms with van der Waals surface area (Å²) >= 11 is 0. The molecular formula is C14H25N3O2. The van der Waals surface area contributed by atoms with Crippen LogP contribution in [0.25, 0.3) is 0 Å². The third-order valence-electron chi connectivity index (χ3n) is 3.70. The zero-order chi connectivity index (χ0) is 13.8. The molecule has 108 valence electrons. The average Bonchev–Trinajstić information content (AvgIpc) is 3.12. The molecule has 2 unspecified atom stereocenters. The fraction of sp³-hybridized carbons (Fsp3) is 0.857. The lowest BCUT2D eigenvalue weighted by atomic mass is 10.0. The molecule has 1 N–H and O–H groups in total. The highest BCUT2D eigenvalue weighted by Gasteiger charge is 2.36. The first-order valence-electron chi connectivity index (χ1n) is 7.27. The van der Waals surface area contributed by atoms with E-state index in [-0.39, 0.29) is 6.10 Å². The highest BCUT2D eigenvalue weighted by atomic mass is 16.5. The van der Waals surface area contributed by atoms with Crippen molar-refractivity contribution in [1.29, 1.82) is 0 Å². The maximum Gasteiger partial charge on any atom is 0.228 e. The third kappa shape index (κ3) is 3.76. The van der Waals surface area contributed by atoms with E-state index < -0.39 is 0 Å². The molecule has 0 aliphatic heterocycles. The van der Waals surface area contributed by atoms with E-state index in [1.165, 1.54) is 12.8 Å². The second kappa shape index (κ2) is 6.48. The Kier molecular flexibility index (Phi) is 4.93. The van der Waals surface area contributed by atoms with Gasteiger partial charge in [0.2, 0.25) is 11.7 Å². The third-order valence-corrected chi connectivity index (χ3v) is 3.70. The summed E-state index contributed by atoms with van der Waals surface area (Å²) < 4.78 is 11.1. The SMILES string of the molecule is CCOC(c1noc(CC(NC)C(C)C)n1)C1CC1. The number of nitrogens with one attached hydrogen (secondary N) is 1. The van der Waals surface area contributed by atoms with Crippen LogP contribution in [-0.4, -0.2) is 29.8 Å². The van der Waals surface area contributed by atoms with E-state index in [9.17, 15) is 0 Å². The van der Waals surface area contributed by atoms with E-state index in [0.717, 1.165) is 12.2 Å². The van der Waals surface area contributed by atoms with Crippen molar-refractivity contribution in [2.75, 3.05) is 13.7 Å². The van der Waals surface area contributed by atoms with Crippen LogP contribution in [0.15, 0.2) is 4.52 Å². The number of nitrogens with zero attached hydrogens (tertiary/aromatic N) is 2. The molecule has 2 rings (SSSR count). The number of likely N-dealkylation sites (N-methyl/N-ethyl adjacent to an activating group) is 1. The number of hydrogen-bond acceptors (Lipinski definition) is 5. The number of ether oxygens (including phenoxy) is 1. The summed E-state index contributed by atoms with van der Waals surface area (Å²) in [6, 6.07) is 0.361. The molecule has 1 saturated carbocycles. The molecule has 1 fully saturated rings. The number of aromatic nitrogens is 2. The molecule has 0 aromatic carbocycles. The van der Waals surface area contributed by atoms with Gasteiger partial charge in [-0.15, -0.1) is 0 Å². The summed E-state index contributed by atoms with van der Waals surface area (Å²) in [4.78, 5) is 4.52. The predicted octanol–water partition coefficient (Wildman–Crippen LogP) is 2.34. The van der Waals surface area contributed by atoms with Gasteiger partial charge in [-0.25, -0.2) is 0 Å². The second-order valence-electron chi connectivity index (χ2n) is 5.60. The molecule has 1 aromatic heterocycles. The Morgan fingerprint density at radius 1 is 1.42 bits per heavy atom. The molecule has 1 aromatic rings. The topological polar surface area (TPSA) is 60.2 Å². The van der Waals surface area contributed by atoms with Crippen LogP contribution in [0.2, 0.25) is 0 Å². The number of rotatable bonds is 8. The van der Waals surface area contributed by atoms with Crippen molar-refractivity contribution in [3.63, 3.8) is 0 Å².